The molecular weight excluding hydrogens is 152 g/mol. The maximum atomic E-state index is 8.66. The van der Waals surface area contributed by atoms with Gasteiger partial charge in [0, 0.05) is 23.3 Å². The van der Waals surface area contributed by atoms with Gasteiger partial charge in [0.1, 0.15) is 11.7 Å². The van der Waals surface area contributed by atoms with Crippen LogP contribution < -0.4 is 0 Å². The Kier molecular flexibility index (Phi) is 1.34. The highest BCUT2D eigenvalue weighted by atomic mass is 16.3. The highest BCUT2D eigenvalue weighted by molar-refractivity contribution is 5.81. The summed E-state index contributed by atoms with van der Waals surface area (Å²) in [5.41, 5.74) is 1.58. The number of hydrogen-bond donors (Lipinski definition) is 0. The van der Waals surface area contributed by atoms with Crippen LogP contribution in [0.5, 0.6) is 0 Å². The zero-order valence-corrected chi connectivity index (χ0v) is 6.53. The average molecular weight is 158 g/mol. The van der Waals surface area contributed by atoms with Crippen LogP contribution in [0.2, 0.25) is 0 Å². The molecule has 0 bridgehead atoms. The minimum absolute atomic E-state index is 0.373. The normalized spacial score (nSPS) is 10.0. The molecule has 0 unspecified atom stereocenters. The predicted octanol–water partition coefficient (Wildman–Crippen LogP) is 2.01. The van der Waals surface area contributed by atoms with Crippen LogP contribution in [-0.2, 0) is 0 Å². The van der Waals surface area contributed by atoms with Crippen molar-refractivity contribution in [3.05, 3.63) is 29.8 Å². The molecule has 58 valence electrons. The van der Waals surface area contributed by atoms with Gasteiger partial charge in [0.05, 0.1) is 0 Å². The van der Waals surface area contributed by atoms with Gasteiger partial charge in [0.2, 0.25) is 5.76 Å². The Hall–Kier alpha value is -1.82. The van der Waals surface area contributed by atoms with Gasteiger partial charge in [0.15, 0.2) is 0 Å². The minimum Gasteiger partial charge on any atom is -0.445 e. The minimum atomic E-state index is 0.373. The van der Waals surface area contributed by atoms with Crippen LogP contribution in [0.25, 0.3) is 11.0 Å². The third-order valence-corrected chi connectivity index (χ3v) is 1.84. The molecule has 0 amide bonds. The molecule has 3 heteroatoms. The van der Waals surface area contributed by atoms with E-state index < -0.39 is 0 Å². The van der Waals surface area contributed by atoms with Gasteiger partial charge in [0.25, 0.3) is 0 Å². The summed E-state index contributed by atoms with van der Waals surface area (Å²) < 4.78 is 5.25. The molecule has 0 atom stereocenters. The molecule has 0 radical (unpaired) electrons. The number of aromatic nitrogens is 1. The molecule has 0 fully saturated rings. The van der Waals surface area contributed by atoms with Crippen molar-refractivity contribution in [2.75, 3.05) is 0 Å². The first-order valence-electron chi connectivity index (χ1n) is 3.56. The fraction of sp³-hybridized carbons (Fsp3) is 0.111. The van der Waals surface area contributed by atoms with Crippen molar-refractivity contribution in [1.29, 1.82) is 5.26 Å². The Morgan fingerprint density at radius 3 is 3.08 bits per heavy atom. The second-order valence-corrected chi connectivity index (χ2v) is 2.54. The molecule has 0 spiro atoms. The molecule has 3 nitrogen and oxygen atoms in total. The van der Waals surface area contributed by atoms with Crippen LogP contribution in [0.1, 0.15) is 11.3 Å². The first kappa shape index (κ1) is 6.86. The molecule has 0 aliphatic rings. The lowest BCUT2D eigenvalue weighted by molar-refractivity contribution is 0.596. The molecule has 2 aromatic rings. The Labute approximate surface area is 69.2 Å². The zero-order valence-electron chi connectivity index (χ0n) is 6.53. The Bertz CT molecular complexity index is 465. The van der Waals surface area contributed by atoms with E-state index >= 15 is 0 Å². The zero-order chi connectivity index (χ0) is 8.55. The van der Waals surface area contributed by atoms with E-state index in [2.05, 4.69) is 4.98 Å². The summed E-state index contributed by atoms with van der Waals surface area (Å²) in [5, 5.41) is 9.57. The molecule has 0 aliphatic heterocycles. The van der Waals surface area contributed by atoms with Crippen molar-refractivity contribution in [1.82, 2.24) is 4.98 Å². The lowest BCUT2D eigenvalue weighted by Crippen LogP contribution is -1.72. The number of nitriles is 1. The van der Waals surface area contributed by atoms with Gasteiger partial charge in [-0.1, -0.05) is 0 Å². The topological polar surface area (TPSA) is 49.8 Å². The first-order chi connectivity index (χ1) is 5.83. The van der Waals surface area contributed by atoms with Crippen LogP contribution in [0.15, 0.2) is 22.9 Å². The molecule has 0 N–H and O–H groups in total. The van der Waals surface area contributed by atoms with Crippen LogP contribution in [0.4, 0.5) is 0 Å². The fourth-order valence-corrected chi connectivity index (χ4v) is 1.17. The van der Waals surface area contributed by atoms with E-state index in [0.29, 0.717) is 5.76 Å². The monoisotopic (exact) mass is 158 g/mol. The third-order valence-electron chi connectivity index (χ3n) is 1.84. The van der Waals surface area contributed by atoms with E-state index in [1.807, 2.05) is 13.0 Å². The summed E-state index contributed by atoms with van der Waals surface area (Å²) in [4.78, 5) is 3.95. The molecule has 2 heterocycles. The smallest absolute Gasteiger partial charge is 0.207 e. The van der Waals surface area contributed by atoms with Gasteiger partial charge >= 0.3 is 0 Å². The van der Waals surface area contributed by atoms with Crippen molar-refractivity contribution < 1.29 is 4.42 Å². The van der Waals surface area contributed by atoms with E-state index in [-0.39, 0.29) is 0 Å². The number of furan rings is 1. The number of rotatable bonds is 0. The Morgan fingerprint density at radius 1 is 1.58 bits per heavy atom. The van der Waals surface area contributed by atoms with Gasteiger partial charge < -0.3 is 4.42 Å². The molecule has 2 rings (SSSR count). The summed E-state index contributed by atoms with van der Waals surface area (Å²) in [5.74, 6) is 0.373. The van der Waals surface area contributed by atoms with Crippen molar-refractivity contribution in [2.24, 2.45) is 0 Å². The Morgan fingerprint density at radius 2 is 2.42 bits per heavy atom. The highest BCUT2D eigenvalue weighted by Crippen LogP contribution is 2.22. The van der Waals surface area contributed by atoms with Crippen molar-refractivity contribution in [3.63, 3.8) is 0 Å². The number of nitrogens with zero attached hydrogens (tertiary/aromatic N) is 2. The second kappa shape index (κ2) is 2.35. The van der Waals surface area contributed by atoms with E-state index in [1.54, 1.807) is 18.5 Å². The number of fused-ring (bicyclic) bond motifs is 1. The SMILES string of the molecule is Cc1c(C#N)oc2ccncc12. The standard InChI is InChI=1S/C9H6N2O/c1-6-7-5-11-3-2-8(7)12-9(6)4-10/h2-3,5H,1H3. The lowest BCUT2D eigenvalue weighted by Gasteiger charge is -1.84. The summed E-state index contributed by atoms with van der Waals surface area (Å²) >= 11 is 0. The third kappa shape index (κ3) is 0.785. The molecule has 0 saturated heterocycles. The van der Waals surface area contributed by atoms with E-state index in [4.69, 9.17) is 9.68 Å². The van der Waals surface area contributed by atoms with Crippen LogP contribution in [0, 0.1) is 18.3 Å². The molecular formula is C9H6N2O. The fourth-order valence-electron chi connectivity index (χ4n) is 1.17. The van der Waals surface area contributed by atoms with Gasteiger partial charge in [-0.25, -0.2) is 0 Å². The Balaban J connectivity index is 2.90. The van der Waals surface area contributed by atoms with Gasteiger partial charge in [-0.3, -0.25) is 4.98 Å². The van der Waals surface area contributed by atoms with Crippen molar-refractivity contribution >= 4 is 11.0 Å². The molecule has 0 aromatic carbocycles. The molecule has 12 heavy (non-hydrogen) atoms. The summed E-state index contributed by atoms with van der Waals surface area (Å²) in [6.07, 6.45) is 3.35. The highest BCUT2D eigenvalue weighted by Gasteiger charge is 2.08. The molecule has 2 aromatic heterocycles. The maximum absolute atomic E-state index is 8.66. The lowest BCUT2D eigenvalue weighted by atomic mass is 10.2. The van der Waals surface area contributed by atoms with Crippen molar-refractivity contribution in [2.45, 2.75) is 6.92 Å². The quantitative estimate of drug-likeness (QED) is 0.589. The van der Waals surface area contributed by atoms with Gasteiger partial charge in [-0.2, -0.15) is 5.26 Å². The number of pyridine rings is 1. The second-order valence-electron chi connectivity index (χ2n) is 2.54. The summed E-state index contributed by atoms with van der Waals surface area (Å²) in [6, 6.07) is 3.74. The van der Waals surface area contributed by atoms with Crippen LogP contribution in [-0.4, -0.2) is 4.98 Å². The van der Waals surface area contributed by atoms with Crippen LogP contribution >= 0.6 is 0 Å². The van der Waals surface area contributed by atoms with E-state index in [1.165, 1.54) is 0 Å². The van der Waals surface area contributed by atoms with Crippen molar-refractivity contribution in [3.8, 4) is 6.07 Å². The molecule has 0 saturated carbocycles. The average Bonchev–Trinajstić information content (AvgIpc) is 2.44. The maximum Gasteiger partial charge on any atom is 0.207 e. The van der Waals surface area contributed by atoms with E-state index in [0.717, 1.165) is 16.5 Å². The number of hydrogen-bond acceptors (Lipinski definition) is 3. The van der Waals surface area contributed by atoms with Crippen LogP contribution in [0.3, 0.4) is 0 Å². The van der Waals surface area contributed by atoms with Gasteiger partial charge in [-0.05, 0) is 13.0 Å². The summed E-state index contributed by atoms with van der Waals surface area (Å²) in [7, 11) is 0. The predicted molar refractivity (Wildman–Crippen MR) is 43.5 cm³/mol. The number of aryl methyl sites for hydroxylation is 1. The van der Waals surface area contributed by atoms with E-state index in [9.17, 15) is 0 Å². The molecule has 0 aliphatic carbocycles. The first-order valence-corrected chi connectivity index (χ1v) is 3.56. The largest absolute Gasteiger partial charge is 0.445 e. The summed E-state index contributed by atoms with van der Waals surface area (Å²) in [6.45, 7) is 1.85. The van der Waals surface area contributed by atoms with Gasteiger partial charge in [-0.15, -0.1) is 0 Å².